The molecule has 0 radical (unpaired) electrons. The van der Waals surface area contributed by atoms with Crippen LogP contribution in [0.15, 0.2) is 16.7 Å². The predicted octanol–water partition coefficient (Wildman–Crippen LogP) is 1.48. The Labute approximate surface area is 89.3 Å². The molecule has 1 atom stereocenters. The van der Waals surface area contributed by atoms with Crippen LogP contribution in [0.1, 0.15) is 35.9 Å². The van der Waals surface area contributed by atoms with E-state index in [1.807, 2.05) is 13.8 Å². The topological polar surface area (TPSA) is 62.5 Å². The van der Waals surface area contributed by atoms with E-state index < -0.39 is 0 Å². The van der Waals surface area contributed by atoms with E-state index in [-0.39, 0.29) is 12.0 Å². The van der Waals surface area contributed by atoms with E-state index in [0.29, 0.717) is 25.1 Å². The summed E-state index contributed by atoms with van der Waals surface area (Å²) in [5.74, 6) is 0.127. The molecule has 2 N–H and O–H groups in total. The lowest BCUT2D eigenvalue weighted by atomic mass is 10.2. The summed E-state index contributed by atoms with van der Waals surface area (Å²) in [6.45, 7) is 4.19. The molecule has 1 heterocycles. The van der Waals surface area contributed by atoms with Gasteiger partial charge < -0.3 is 14.8 Å². The summed E-state index contributed by atoms with van der Waals surface area (Å²) in [7, 11) is 0. The number of carbonyl (C=O) groups excluding carboxylic acids is 1. The van der Waals surface area contributed by atoms with Gasteiger partial charge in [0.05, 0.1) is 12.4 Å². The Bertz CT molecular complexity index is 319. The van der Waals surface area contributed by atoms with Crippen LogP contribution in [0.2, 0.25) is 0 Å². The van der Waals surface area contributed by atoms with E-state index in [0.717, 1.165) is 5.56 Å². The maximum absolute atomic E-state index is 11.5. The van der Waals surface area contributed by atoms with Gasteiger partial charge in [-0.25, -0.2) is 0 Å². The fraction of sp³-hybridized carbons (Fsp3) is 0.545. The summed E-state index contributed by atoms with van der Waals surface area (Å²) < 4.78 is 5.04. The normalized spacial score (nSPS) is 12.5. The van der Waals surface area contributed by atoms with Crippen molar-refractivity contribution in [3.8, 4) is 0 Å². The van der Waals surface area contributed by atoms with Crippen LogP contribution in [-0.2, 0) is 0 Å². The van der Waals surface area contributed by atoms with Gasteiger partial charge in [-0.3, -0.25) is 4.79 Å². The first kappa shape index (κ1) is 11.8. The average Bonchev–Trinajstić information content (AvgIpc) is 2.64. The van der Waals surface area contributed by atoms with Crippen LogP contribution in [0, 0.1) is 6.92 Å². The van der Waals surface area contributed by atoms with E-state index in [4.69, 9.17) is 4.42 Å². The van der Waals surface area contributed by atoms with Crippen molar-refractivity contribution in [2.75, 3.05) is 6.54 Å². The highest BCUT2D eigenvalue weighted by Gasteiger charge is 2.11. The molecule has 1 rings (SSSR count). The van der Waals surface area contributed by atoms with Crippen molar-refractivity contribution in [1.82, 2.24) is 5.32 Å². The summed E-state index contributed by atoms with van der Waals surface area (Å²) in [6, 6.07) is 1.75. The molecule has 1 amide bonds. The fourth-order valence-corrected chi connectivity index (χ4v) is 1.24. The number of rotatable bonds is 5. The number of amides is 1. The third kappa shape index (κ3) is 3.40. The number of aliphatic hydroxyl groups is 1. The summed E-state index contributed by atoms with van der Waals surface area (Å²) >= 11 is 0. The monoisotopic (exact) mass is 211 g/mol. The second-order valence-electron chi connectivity index (χ2n) is 3.54. The van der Waals surface area contributed by atoms with Crippen molar-refractivity contribution >= 4 is 5.91 Å². The van der Waals surface area contributed by atoms with Crippen molar-refractivity contribution in [2.45, 2.75) is 32.8 Å². The van der Waals surface area contributed by atoms with Crippen LogP contribution in [0.4, 0.5) is 0 Å². The molecule has 1 aromatic heterocycles. The molecule has 0 saturated carbocycles. The van der Waals surface area contributed by atoms with Gasteiger partial charge in [0.15, 0.2) is 5.76 Å². The molecule has 0 bridgehead atoms. The average molecular weight is 211 g/mol. The molecular weight excluding hydrogens is 194 g/mol. The minimum atomic E-state index is -0.344. The zero-order chi connectivity index (χ0) is 11.3. The minimum absolute atomic E-state index is 0.221. The van der Waals surface area contributed by atoms with E-state index in [9.17, 15) is 9.90 Å². The van der Waals surface area contributed by atoms with Crippen molar-refractivity contribution in [2.24, 2.45) is 0 Å². The Balaban J connectivity index is 2.34. The third-order valence-electron chi connectivity index (χ3n) is 2.30. The van der Waals surface area contributed by atoms with Gasteiger partial charge >= 0.3 is 0 Å². The highest BCUT2D eigenvalue weighted by molar-refractivity contribution is 5.92. The van der Waals surface area contributed by atoms with Crippen molar-refractivity contribution < 1.29 is 14.3 Å². The lowest BCUT2D eigenvalue weighted by Gasteiger charge is -2.07. The minimum Gasteiger partial charge on any atom is -0.459 e. The maximum Gasteiger partial charge on any atom is 0.287 e. The summed E-state index contributed by atoms with van der Waals surface area (Å²) in [5.41, 5.74) is 0.823. The van der Waals surface area contributed by atoms with Gasteiger partial charge in [0.2, 0.25) is 0 Å². The Kier molecular flexibility index (Phi) is 4.37. The molecule has 15 heavy (non-hydrogen) atoms. The van der Waals surface area contributed by atoms with Gasteiger partial charge in [-0.2, -0.15) is 0 Å². The molecule has 4 heteroatoms. The van der Waals surface area contributed by atoms with E-state index in [1.54, 1.807) is 6.07 Å². The van der Waals surface area contributed by atoms with Crippen LogP contribution >= 0.6 is 0 Å². The van der Waals surface area contributed by atoms with Crippen LogP contribution < -0.4 is 5.32 Å². The molecule has 0 aliphatic rings. The Morgan fingerprint density at radius 3 is 2.93 bits per heavy atom. The fourth-order valence-electron chi connectivity index (χ4n) is 1.24. The molecule has 0 aliphatic heterocycles. The first-order valence-electron chi connectivity index (χ1n) is 5.15. The van der Waals surface area contributed by atoms with Crippen LogP contribution in [0.5, 0.6) is 0 Å². The van der Waals surface area contributed by atoms with Gasteiger partial charge in [0.25, 0.3) is 5.91 Å². The van der Waals surface area contributed by atoms with Crippen molar-refractivity contribution in [3.63, 3.8) is 0 Å². The van der Waals surface area contributed by atoms with Crippen LogP contribution in [-0.4, -0.2) is 23.7 Å². The van der Waals surface area contributed by atoms with Gasteiger partial charge in [-0.15, -0.1) is 0 Å². The summed E-state index contributed by atoms with van der Waals surface area (Å²) in [4.78, 5) is 11.5. The molecule has 0 spiro atoms. The van der Waals surface area contributed by atoms with E-state index >= 15 is 0 Å². The van der Waals surface area contributed by atoms with Gasteiger partial charge in [-0.1, -0.05) is 6.92 Å². The second kappa shape index (κ2) is 5.56. The van der Waals surface area contributed by atoms with E-state index in [1.165, 1.54) is 6.26 Å². The number of hydrogen-bond donors (Lipinski definition) is 2. The lowest BCUT2D eigenvalue weighted by molar-refractivity contribution is 0.0913. The molecule has 0 aliphatic carbocycles. The molecule has 84 valence electrons. The third-order valence-corrected chi connectivity index (χ3v) is 2.30. The maximum atomic E-state index is 11.5. The standard InChI is InChI=1S/C11H17NO3/c1-3-9(13)4-6-12-11(14)10-8(2)5-7-15-10/h5,7,9,13H,3-4,6H2,1-2H3,(H,12,14). The number of furan rings is 1. The first-order valence-corrected chi connectivity index (χ1v) is 5.15. The molecule has 0 saturated heterocycles. The zero-order valence-corrected chi connectivity index (χ0v) is 9.12. The Morgan fingerprint density at radius 1 is 1.67 bits per heavy atom. The molecule has 1 unspecified atom stereocenters. The number of hydrogen-bond acceptors (Lipinski definition) is 3. The number of aliphatic hydroxyl groups excluding tert-OH is 1. The zero-order valence-electron chi connectivity index (χ0n) is 9.12. The number of aryl methyl sites for hydroxylation is 1. The molecule has 1 aromatic rings. The largest absolute Gasteiger partial charge is 0.459 e. The highest BCUT2D eigenvalue weighted by Crippen LogP contribution is 2.08. The van der Waals surface area contributed by atoms with Gasteiger partial charge in [0, 0.05) is 12.1 Å². The van der Waals surface area contributed by atoms with Crippen LogP contribution in [0.25, 0.3) is 0 Å². The smallest absolute Gasteiger partial charge is 0.287 e. The van der Waals surface area contributed by atoms with Crippen LogP contribution in [0.3, 0.4) is 0 Å². The SMILES string of the molecule is CCC(O)CCNC(=O)c1occc1C. The summed E-state index contributed by atoms with van der Waals surface area (Å²) in [5, 5.41) is 12.0. The Morgan fingerprint density at radius 2 is 2.40 bits per heavy atom. The summed E-state index contributed by atoms with van der Waals surface area (Å²) in [6.07, 6.45) is 2.42. The number of nitrogens with one attached hydrogen (secondary N) is 1. The van der Waals surface area contributed by atoms with Gasteiger partial charge in [0.1, 0.15) is 0 Å². The van der Waals surface area contributed by atoms with Crippen molar-refractivity contribution in [1.29, 1.82) is 0 Å². The molecular formula is C11H17NO3. The predicted molar refractivity (Wildman–Crippen MR) is 56.7 cm³/mol. The molecule has 4 nitrogen and oxygen atoms in total. The molecule has 0 aromatic carbocycles. The first-order chi connectivity index (χ1) is 7.15. The number of carbonyl (C=O) groups is 1. The second-order valence-corrected chi connectivity index (χ2v) is 3.54. The van der Waals surface area contributed by atoms with Crippen molar-refractivity contribution in [3.05, 3.63) is 23.7 Å². The Hall–Kier alpha value is -1.29. The van der Waals surface area contributed by atoms with E-state index in [2.05, 4.69) is 5.32 Å². The lowest BCUT2D eigenvalue weighted by Crippen LogP contribution is -2.27. The van der Waals surface area contributed by atoms with Gasteiger partial charge in [-0.05, 0) is 25.8 Å². The molecule has 0 fully saturated rings. The quantitative estimate of drug-likeness (QED) is 0.775. The highest BCUT2D eigenvalue weighted by atomic mass is 16.3.